The van der Waals surface area contributed by atoms with E-state index < -0.39 is 0 Å². The van der Waals surface area contributed by atoms with Crippen LogP contribution in [0, 0.1) is 0 Å². The van der Waals surface area contributed by atoms with Gasteiger partial charge >= 0.3 is 0 Å². The third kappa shape index (κ3) is 2.47. The van der Waals surface area contributed by atoms with Crippen LogP contribution in [0.5, 0.6) is 0 Å². The predicted octanol–water partition coefficient (Wildman–Crippen LogP) is 2.49. The fourth-order valence-electron chi connectivity index (χ4n) is 1.97. The Bertz CT molecular complexity index is 670. The van der Waals surface area contributed by atoms with Crippen LogP contribution in [-0.2, 0) is 6.54 Å². The number of rotatable bonds is 3. The van der Waals surface area contributed by atoms with Crippen molar-refractivity contribution < 1.29 is 4.79 Å². The summed E-state index contributed by atoms with van der Waals surface area (Å²) >= 11 is 0. The molecule has 0 aliphatic heterocycles. The fourth-order valence-corrected chi connectivity index (χ4v) is 1.97. The molecular formula is C15H13N3O. The Hall–Kier alpha value is -2.62. The molecule has 0 aliphatic carbocycles. The van der Waals surface area contributed by atoms with Gasteiger partial charge in [0.25, 0.3) is 5.91 Å². The molecule has 0 saturated carbocycles. The average Bonchev–Trinajstić information content (AvgIpc) is 2.90. The van der Waals surface area contributed by atoms with Crippen LogP contribution in [-0.4, -0.2) is 15.9 Å². The number of para-hydroxylation sites is 1. The van der Waals surface area contributed by atoms with E-state index in [2.05, 4.69) is 15.3 Å². The van der Waals surface area contributed by atoms with Crippen molar-refractivity contribution in [2.75, 3.05) is 0 Å². The lowest BCUT2D eigenvalue weighted by Gasteiger charge is -2.03. The maximum absolute atomic E-state index is 12.0. The van der Waals surface area contributed by atoms with Gasteiger partial charge < -0.3 is 10.3 Å². The zero-order valence-corrected chi connectivity index (χ0v) is 10.3. The van der Waals surface area contributed by atoms with Gasteiger partial charge in [0.15, 0.2) is 0 Å². The van der Waals surface area contributed by atoms with Crippen molar-refractivity contribution in [2.45, 2.75) is 6.54 Å². The standard InChI is InChI=1S/C15H13N3O/c19-15(17-10-11-5-7-16-8-6-11)14-9-12-3-1-2-4-13(12)18-14/h1-9,18H,10H2,(H,17,19). The van der Waals surface area contributed by atoms with E-state index in [1.165, 1.54) is 0 Å². The van der Waals surface area contributed by atoms with Gasteiger partial charge in [-0.25, -0.2) is 0 Å². The third-order valence-corrected chi connectivity index (χ3v) is 2.98. The Labute approximate surface area is 110 Å². The van der Waals surface area contributed by atoms with Crippen molar-refractivity contribution in [1.82, 2.24) is 15.3 Å². The van der Waals surface area contributed by atoms with E-state index in [0.717, 1.165) is 16.5 Å². The summed E-state index contributed by atoms with van der Waals surface area (Å²) in [6, 6.07) is 13.4. The summed E-state index contributed by atoms with van der Waals surface area (Å²) in [5.74, 6) is -0.104. The molecule has 0 spiro atoms. The molecule has 3 aromatic rings. The smallest absolute Gasteiger partial charge is 0.267 e. The van der Waals surface area contributed by atoms with Gasteiger partial charge in [0.1, 0.15) is 5.69 Å². The first-order valence-electron chi connectivity index (χ1n) is 6.08. The zero-order chi connectivity index (χ0) is 13.1. The first kappa shape index (κ1) is 11.5. The van der Waals surface area contributed by atoms with E-state index in [1.54, 1.807) is 12.4 Å². The van der Waals surface area contributed by atoms with Gasteiger partial charge in [-0.05, 0) is 29.8 Å². The highest BCUT2D eigenvalue weighted by Crippen LogP contribution is 2.14. The van der Waals surface area contributed by atoms with Crippen molar-refractivity contribution in [2.24, 2.45) is 0 Å². The summed E-state index contributed by atoms with van der Waals surface area (Å²) in [4.78, 5) is 19.1. The normalized spacial score (nSPS) is 10.5. The third-order valence-electron chi connectivity index (χ3n) is 2.98. The second-order valence-corrected chi connectivity index (χ2v) is 4.31. The minimum absolute atomic E-state index is 0.104. The minimum Gasteiger partial charge on any atom is -0.351 e. The van der Waals surface area contributed by atoms with E-state index >= 15 is 0 Å². The molecule has 4 heteroatoms. The molecule has 1 aromatic carbocycles. The van der Waals surface area contributed by atoms with Crippen molar-refractivity contribution in [1.29, 1.82) is 0 Å². The second-order valence-electron chi connectivity index (χ2n) is 4.31. The first-order chi connectivity index (χ1) is 9.33. The molecule has 0 aliphatic rings. The maximum Gasteiger partial charge on any atom is 0.267 e. The van der Waals surface area contributed by atoms with Gasteiger partial charge in [0.05, 0.1) is 0 Å². The van der Waals surface area contributed by atoms with Crippen LogP contribution in [0.15, 0.2) is 54.9 Å². The van der Waals surface area contributed by atoms with Gasteiger partial charge in [-0.1, -0.05) is 18.2 Å². The van der Waals surface area contributed by atoms with Crippen LogP contribution in [0.2, 0.25) is 0 Å². The highest BCUT2D eigenvalue weighted by Gasteiger charge is 2.08. The van der Waals surface area contributed by atoms with Crippen LogP contribution in [0.1, 0.15) is 16.1 Å². The van der Waals surface area contributed by atoms with Gasteiger partial charge in [0.2, 0.25) is 0 Å². The van der Waals surface area contributed by atoms with Gasteiger partial charge in [-0.15, -0.1) is 0 Å². The molecule has 94 valence electrons. The number of aromatic amines is 1. The number of hydrogen-bond donors (Lipinski definition) is 2. The predicted molar refractivity (Wildman–Crippen MR) is 73.7 cm³/mol. The Morgan fingerprint density at radius 2 is 1.95 bits per heavy atom. The molecule has 4 nitrogen and oxygen atoms in total. The molecule has 19 heavy (non-hydrogen) atoms. The lowest BCUT2D eigenvalue weighted by atomic mass is 10.2. The molecule has 0 fully saturated rings. The number of benzene rings is 1. The number of fused-ring (bicyclic) bond motifs is 1. The summed E-state index contributed by atoms with van der Waals surface area (Å²) in [6.45, 7) is 0.497. The summed E-state index contributed by atoms with van der Waals surface area (Å²) < 4.78 is 0. The zero-order valence-electron chi connectivity index (χ0n) is 10.3. The fraction of sp³-hybridized carbons (Fsp3) is 0.0667. The maximum atomic E-state index is 12.0. The van der Waals surface area contributed by atoms with Gasteiger partial charge in [0, 0.05) is 29.8 Å². The van der Waals surface area contributed by atoms with E-state index in [4.69, 9.17) is 0 Å². The average molecular weight is 251 g/mol. The molecule has 1 amide bonds. The molecule has 0 saturated heterocycles. The van der Waals surface area contributed by atoms with Crippen LogP contribution in [0.3, 0.4) is 0 Å². The number of pyridine rings is 1. The Morgan fingerprint density at radius 1 is 1.16 bits per heavy atom. The highest BCUT2D eigenvalue weighted by molar-refractivity contribution is 5.97. The van der Waals surface area contributed by atoms with Crippen LogP contribution in [0.4, 0.5) is 0 Å². The molecule has 0 unspecified atom stereocenters. The molecular weight excluding hydrogens is 238 g/mol. The number of hydrogen-bond acceptors (Lipinski definition) is 2. The molecule has 2 N–H and O–H groups in total. The number of carbonyl (C=O) groups excluding carboxylic acids is 1. The van der Waals surface area contributed by atoms with Crippen molar-refractivity contribution in [3.8, 4) is 0 Å². The molecule has 0 bridgehead atoms. The highest BCUT2D eigenvalue weighted by atomic mass is 16.1. The molecule has 0 atom stereocenters. The second kappa shape index (κ2) is 4.94. The summed E-state index contributed by atoms with van der Waals surface area (Å²) in [6.07, 6.45) is 3.43. The molecule has 0 radical (unpaired) electrons. The van der Waals surface area contributed by atoms with Gasteiger partial charge in [-0.2, -0.15) is 0 Å². The van der Waals surface area contributed by atoms with Crippen molar-refractivity contribution in [3.63, 3.8) is 0 Å². The minimum atomic E-state index is -0.104. The first-order valence-corrected chi connectivity index (χ1v) is 6.08. The van der Waals surface area contributed by atoms with Crippen molar-refractivity contribution in [3.05, 3.63) is 66.1 Å². The monoisotopic (exact) mass is 251 g/mol. The molecule has 2 heterocycles. The Kier molecular flexibility index (Phi) is 2.98. The lowest BCUT2D eigenvalue weighted by molar-refractivity contribution is 0.0947. The van der Waals surface area contributed by atoms with E-state index in [9.17, 15) is 4.79 Å². The van der Waals surface area contributed by atoms with Crippen LogP contribution >= 0.6 is 0 Å². The number of carbonyl (C=O) groups is 1. The van der Waals surface area contributed by atoms with Gasteiger partial charge in [-0.3, -0.25) is 9.78 Å². The molecule has 3 rings (SSSR count). The SMILES string of the molecule is O=C(NCc1ccncc1)c1cc2ccccc2[nH]1. The van der Waals surface area contributed by atoms with Crippen molar-refractivity contribution >= 4 is 16.8 Å². The number of nitrogens with zero attached hydrogens (tertiary/aromatic N) is 1. The topological polar surface area (TPSA) is 57.8 Å². The Balaban J connectivity index is 1.73. The van der Waals surface area contributed by atoms with E-state index in [1.807, 2.05) is 42.5 Å². The number of aromatic nitrogens is 2. The summed E-state index contributed by atoms with van der Waals surface area (Å²) in [5, 5.41) is 3.92. The lowest BCUT2D eigenvalue weighted by Crippen LogP contribution is -2.23. The molecule has 2 aromatic heterocycles. The number of nitrogens with one attached hydrogen (secondary N) is 2. The number of H-pyrrole nitrogens is 1. The number of amides is 1. The summed E-state index contributed by atoms with van der Waals surface area (Å²) in [7, 11) is 0. The van der Waals surface area contributed by atoms with Crippen LogP contribution < -0.4 is 5.32 Å². The van der Waals surface area contributed by atoms with Crippen LogP contribution in [0.25, 0.3) is 10.9 Å². The van der Waals surface area contributed by atoms with E-state index in [0.29, 0.717) is 12.2 Å². The van der Waals surface area contributed by atoms with E-state index in [-0.39, 0.29) is 5.91 Å². The Morgan fingerprint density at radius 3 is 2.74 bits per heavy atom. The quantitative estimate of drug-likeness (QED) is 0.751. The largest absolute Gasteiger partial charge is 0.351 e. The summed E-state index contributed by atoms with van der Waals surface area (Å²) in [5.41, 5.74) is 2.58.